The van der Waals surface area contributed by atoms with Gasteiger partial charge >= 0.3 is 0 Å². The van der Waals surface area contributed by atoms with Crippen LogP contribution in [-0.4, -0.2) is 93.8 Å². The first-order chi connectivity index (χ1) is 25.8. The van der Waals surface area contributed by atoms with Gasteiger partial charge in [0.25, 0.3) is 0 Å². The summed E-state index contributed by atoms with van der Waals surface area (Å²) in [6, 6.07) is 18.8. The molecule has 54 heavy (non-hydrogen) atoms. The Hall–Kier alpha value is -5.19. The average Bonchev–Trinajstić information content (AvgIpc) is 3.10. The van der Waals surface area contributed by atoms with Crippen molar-refractivity contribution in [2.45, 2.75) is 25.3 Å². The van der Waals surface area contributed by atoms with Crippen molar-refractivity contribution in [2.75, 3.05) is 77.8 Å². The summed E-state index contributed by atoms with van der Waals surface area (Å²) < 4.78 is 46.8. The maximum Gasteiger partial charge on any atom is 0.249 e. The molecule has 3 aromatic carbocycles. The number of para-hydroxylation sites is 2. The fraction of sp³-hybridized carbons (Fsp3) is 0.351. The first-order valence-electron chi connectivity index (χ1n) is 17.5. The number of piperidine rings is 1. The van der Waals surface area contributed by atoms with Gasteiger partial charge in [-0.3, -0.25) is 19.2 Å². The molecule has 7 rings (SSSR count). The molecule has 17 heteroatoms. The van der Waals surface area contributed by atoms with E-state index >= 15 is 4.39 Å². The molecule has 0 bridgehead atoms. The van der Waals surface area contributed by atoms with Crippen LogP contribution in [0.1, 0.15) is 19.3 Å². The molecule has 1 aromatic heterocycles. The van der Waals surface area contributed by atoms with Gasteiger partial charge in [0.1, 0.15) is 22.6 Å². The number of carbonyl (C=O) groups excluding carboxylic acids is 2. The van der Waals surface area contributed by atoms with E-state index in [4.69, 9.17) is 16.3 Å². The van der Waals surface area contributed by atoms with Crippen LogP contribution in [0.5, 0.6) is 5.75 Å². The van der Waals surface area contributed by atoms with Gasteiger partial charge in [-0.05, 0) is 67.4 Å². The first kappa shape index (κ1) is 37.1. The number of anilines is 7. The highest BCUT2D eigenvalue weighted by atomic mass is 35.5. The molecule has 0 radical (unpaired) electrons. The number of amides is 2. The van der Waals surface area contributed by atoms with E-state index in [1.54, 1.807) is 36.4 Å². The summed E-state index contributed by atoms with van der Waals surface area (Å²) in [4.78, 5) is 36.5. The Labute approximate surface area is 318 Å². The highest BCUT2D eigenvalue weighted by Gasteiger charge is 2.51. The number of nitrogens with zero attached hydrogens (tertiary/aromatic N) is 5. The molecule has 1 spiro atoms. The number of hydrogen-bond donors (Lipinski definition) is 4. The second-order valence-electron chi connectivity index (χ2n) is 14.0. The normalized spacial score (nSPS) is 18.0. The van der Waals surface area contributed by atoms with Crippen LogP contribution >= 0.6 is 11.6 Å². The van der Waals surface area contributed by atoms with Gasteiger partial charge in [0.05, 0.1) is 36.1 Å². The van der Waals surface area contributed by atoms with Crippen LogP contribution < -0.4 is 35.2 Å². The van der Waals surface area contributed by atoms with E-state index in [0.717, 1.165) is 61.1 Å². The van der Waals surface area contributed by atoms with Gasteiger partial charge in [0, 0.05) is 63.0 Å². The zero-order valence-electron chi connectivity index (χ0n) is 29.8. The second-order valence-corrected chi connectivity index (χ2v) is 16.4. The number of hydrogen-bond acceptors (Lipinski definition) is 12. The molecule has 0 saturated carbocycles. The first-order valence-corrected chi connectivity index (χ1v) is 19.8. The number of imide groups is 1. The molecule has 14 nitrogen and oxygen atoms in total. The summed E-state index contributed by atoms with van der Waals surface area (Å²) in [5.74, 6) is 0.294. The van der Waals surface area contributed by atoms with Crippen LogP contribution in [0.4, 0.5) is 44.6 Å². The van der Waals surface area contributed by atoms with E-state index in [0.29, 0.717) is 42.2 Å². The second kappa shape index (κ2) is 15.3. The fourth-order valence-electron chi connectivity index (χ4n) is 7.00. The average molecular weight is 778 g/mol. The number of halogens is 2. The highest BCUT2D eigenvalue weighted by Crippen LogP contribution is 2.43. The monoisotopic (exact) mass is 777 g/mol. The predicted octanol–water partition coefficient (Wildman–Crippen LogP) is 4.96. The molecule has 1 unspecified atom stereocenters. The molecular formula is C37H41ClFN9O5S. The third-order valence-electron chi connectivity index (χ3n) is 9.77. The lowest BCUT2D eigenvalue weighted by molar-refractivity contribution is -0.133. The van der Waals surface area contributed by atoms with Crippen LogP contribution in [0.2, 0.25) is 5.02 Å². The van der Waals surface area contributed by atoms with Gasteiger partial charge in [-0.15, -0.1) is 0 Å². The molecule has 284 valence electrons. The van der Waals surface area contributed by atoms with Crippen molar-refractivity contribution in [3.63, 3.8) is 0 Å². The molecule has 1 atom stereocenters. The zero-order chi connectivity index (χ0) is 38.0. The van der Waals surface area contributed by atoms with E-state index in [9.17, 15) is 18.0 Å². The standard InChI is InChI=1S/C37H41ClFN9O5S/c1-46(54(2,51)52)32-7-4-3-6-29(32)43-34-27(38)19-40-36(45-34)42-25-10-14-31(28(39)18-25)48-22-37(23-48)20-47(21-37)16-5-17-53-26-11-8-24(9-12-26)41-30-13-15-33(49)44-35(30)50/h3-4,6-12,14,18-19,30,41H,5,13,15-17,20-23H2,1-2H3,(H,44,49,50)(H2,40,42,43,45). The summed E-state index contributed by atoms with van der Waals surface area (Å²) in [5, 5.41) is 11.9. The van der Waals surface area contributed by atoms with Crippen molar-refractivity contribution in [3.05, 3.63) is 83.8 Å². The van der Waals surface area contributed by atoms with Crippen LogP contribution in [0.25, 0.3) is 0 Å². The Morgan fingerprint density at radius 2 is 1.78 bits per heavy atom. The Morgan fingerprint density at radius 3 is 2.50 bits per heavy atom. The van der Waals surface area contributed by atoms with Crippen molar-refractivity contribution in [1.29, 1.82) is 0 Å². The minimum Gasteiger partial charge on any atom is -0.494 e. The summed E-state index contributed by atoms with van der Waals surface area (Å²) >= 11 is 6.37. The number of nitrogens with one attached hydrogen (secondary N) is 4. The molecule has 3 aliphatic rings. The fourth-order valence-corrected chi connectivity index (χ4v) is 7.65. The Morgan fingerprint density at radius 1 is 1.04 bits per heavy atom. The van der Waals surface area contributed by atoms with Crippen molar-refractivity contribution in [2.24, 2.45) is 5.41 Å². The van der Waals surface area contributed by atoms with E-state index in [1.807, 2.05) is 24.3 Å². The third-order valence-corrected chi connectivity index (χ3v) is 11.2. The lowest BCUT2D eigenvalue weighted by atomic mass is 9.72. The molecule has 3 saturated heterocycles. The number of rotatable bonds is 14. The van der Waals surface area contributed by atoms with Gasteiger partial charge in [-0.25, -0.2) is 17.8 Å². The van der Waals surface area contributed by atoms with Crippen molar-refractivity contribution < 1.29 is 27.1 Å². The molecule has 2 amide bonds. The quantitative estimate of drug-likeness (QED) is 0.101. The molecule has 0 aliphatic carbocycles. The lowest BCUT2D eigenvalue weighted by Gasteiger charge is -2.61. The van der Waals surface area contributed by atoms with Crippen molar-refractivity contribution in [1.82, 2.24) is 20.2 Å². The van der Waals surface area contributed by atoms with E-state index in [1.165, 1.54) is 19.3 Å². The van der Waals surface area contributed by atoms with Gasteiger partial charge in [-0.2, -0.15) is 4.98 Å². The Balaban J connectivity index is 0.846. The number of carbonyl (C=O) groups is 2. The van der Waals surface area contributed by atoms with Crippen LogP contribution in [0.3, 0.4) is 0 Å². The summed E-state index contributed by atoms with van der Waals surface area (Å²) in [5.41, 5.74) is 2.87. The summed E-state index contributed by atoms with van der Waals surface area (Å²) in [6.07, 6.45) is 4.20. The molecule has 4 aromatic rings. The van der Waals surface area contributed by atoms with Crippen LogP contribution in [0, 0.1) is 11.2 Å². The summed E-state index contributed by atoms with van der Waals surface area (Å²) in [6.45, 7) is 4.99. The predicted molar refractivity (Wildman–Crippen MR) is 207 cm³/mol. The van der Waals surface area contributed by atoms with Gasteiger partial charge in [0.2, 0.25) is 27.8 Å². The van der Waals surface area contributed by atoms with E-state index in [2.05, 4.69) is 41.0 Å². The number of ether oxygens (including phenoxy) is 1. The van der Waals surface area contributed by atoms with E-state index < -0.39 is 16.1 Å². The van der Waals surface area contributed by atoms with Gasteiger partial charge in [0.15, 0.2) is 5.82 Å². The number of aromatic nitrogens is 2. The smallest absolute Gasteiger partial charge is 0.249 e. The zero-order valence-corrected chi connectivity index (χ0v) is 31.4. The lowest BCUT2D eigenvalue weighted by Crippen LogP contribution is -2.72. The number of likely N-dealkylation sites (tertiary alicyclic amines) is 1. The molecule has 3 aliphatic heterocycles. The topological polar surface area (TPSA) is 161 Å². The summed E-state index contributed by atoms with van der Waals surface area (Å²) in [7, 11) is -2.05. The minimum atomic E-state index is -3.51. The number of benzene rings is 3. The van der Waals surface area contributed by atoms with Crippen molar-refractivity contribution in [3.8, 4) is 5.75 Å². The van der Waals surface area contributed by atoms with Gasteiger partial charge < -0.3 is 30.5 Å². The molecule has 3 fully saturated rings. The molecule has 4 heterocycles. The molecule has 4 N–H and O–H groups in total. The van der Waals surface area contributed by atoms with Gasteiger partial charge in [-0.1, -0.05) is 23.7 Å². The van der Waals surface area contributed by atoms with Crippen LogP contribution in [0.15, 0.2) is 72.9 Å². The maximum absolute atomic E-state index is 15.4. The van der Waals surface area contributed by atoms with Crippen LogP contribution in [-0.2, 0) is 19.6 Å². The third kappa shape index (κ3) is 8.45. The SMILES string of the molecule is CN(c1ccccc1Nc1nc(Nc2ccc(N3CC4(CN(CCCOc5ccc(NC6CCC(=O)NC6=O)cc5)C4)C3)c(F)c2)ncc1Cl)S(C)(=O)=O. The number of sulfonamides is 1. The Kier molecular flexibility index (Phi) is 10.5. The minimum absolute atomic E-state index is 0.171. The van der Waals surface area contributed by atoms with E-state index in [-0.39, 0.29) is 39.8 Å². The highest BCUT2D eigenvalue weighted by molar-refractivity contribution is 7.92. The Bertz CT molecular complexity index is 2150. The largest absolute Gasteiger partial charge is 0.494 e. The maximum atomic E-state index is 15.4. The van der Waals surface area contributed by atoms with Crippen molar-refractivity contribution >= 4 is 73.6 Å². The molecular weight excluding hydrogens is 737 g/mol.